The van der Waals surface area contributed by atoms with Crippen LogP contribution < -0.4 is 10.6 Å². The highest BCUT2D eigenvalue weighted by Crippen LogP contribution is 2.11. The third kappa shape index (κ3) is 7.71. The summed E-state index contributed by atoms with van der Waals surface area (Å²) >= 11 is 0. The van der Waals surface area contributed by atoms with Crippen molar-refractivity contribution >= 4 is 29.9 Å². The third-order valence-electron chi connectivity index (χ3n) is 4.46. The summed E-state index contributed by atoms with van der Waals surface area (Å²) in [6.07, 6.45) is 2.49. The average Bonchev–Trinajstić information content (AvgIpc) is 2.63. The summed E-state index contributed by atoms with van der Waals surface area (Å²) in [7, 11) is 3.44. The highest BCUT2D eigenvalue weighted by Gasteiger charge is 2.19. The fourth-order valence-corrected chi connectivity index (χ4v) is 2.96. The second kappa shape index (κ2) is 12.4. The van der Waals surface area contributed by atoms with Crippen molar-refractivity contribution in [1.29, 1.82) is 0 Å². The quantitative estimate of drug-likeness (QED) is 0.356. The molecule has 1 heterocycles. The molecule has 1 aromatic carbocycles. The highest BCUT2D eigenvalue weighted by molar-refractivity contribution is 14.0. The van der Waals surface area contributed by atoms with E-state index in [2.05, 4.69) is 20.5 Å². The number of aliphatic imine (C=N–C) groups is 1. The number of guanidine groups is 1. The lowest BCUT2D eigenvalue weighted by molar-refractivity contribution is 0.128. The molecule has 8 heteroatoms. The van der Waals surface area contributed by atoms with Crippen LogP contribution in [0.25, 0.3) is 0 Å². The van der Waals surface area contributed by atoms with E-state index in [9.17, 15) is 8.78 Å². The Kier molecular flexibility index (Phi) is 11.0. The zero-order chi connectivity index (χ0) is 18.1. The third-order valence-corrected chi connectivity index (χ3v) is 4.46. The molecule has 0 spiro atoms. The predicted molar refractivity (Wildman–Crippen MR) is 111 cm³/mol. The Balaban J connectivity index is 0.00000338. The molecule has 5 nitrogen and oxygen atoms in total. The topological polar surface area (TPSA) is 48.9 Å². The predicted octanol–water partition coefficient (Wildman–Crippen LogP) is 2.40. The lowest BCUT2D eigenvalue weighted by atomic mass is 10.1. The Bertz CT molecular complexity index is 566. The van der Waals surface area contributed by atoms with Crippen molar-refractivity contribution in [1.82, 2.24) is 15.5 Å². The minimum Gasteiger partial charge on any atom is -0.383 e. The molecular formula is C18H29F2IN4O. The van der Waals surface area contributed by atoms with Crippen molar-refractivity contribution in [3.05, 3.63) is 35.4 Å². The second-order valence-electron chi connectivity index (χ2n) is 6.24. The summed E-state index contributed by atoms with van der Waals surface area (Å²) in [5, 5.41) is 6.58. The van der Waals surface area contributed by atoms with Gasteiger partial charge in [0.25, 0.3) is 0 Å². The number of nitrogens with one attached hydrogen (secondary N) is 2. The molecule has 0 unspecified atom stereocenters. The number of methoxy groups -OCH3 is 1. The van der Waals surface area contributed by atoms with Gasteiger partial charge in [-0.05, 0) is 43.0 Å². The zero-order valence-electron chi connectivity index (χ0n) is 15.4. The number of piperidine rings is 1. The minimum atomic E-state index is -0.417. The Morgan fingerprint density at radius 2 is 2.04 bits per heavy atom. The maximum atomic E-state index is 13.6. The fraction of sp³-hybridized carbons (Fsp3) is 0.611. The van der Waals surface area contributed by atoms with Gasteiger partial charge in [0.2, 0.25) is 0 Å². The van der Waals surface area contributed by atoms with Crippen LogP contribution in [0.2, 0.25) is 0 Å². The van der Waals surface area contributed by atoms with E-state index in [1.165, 1.54) is 6.07 Å². The lowest BCUT2D eigenvalue weighted by Crippen LogP contribution is -2.49. The number of halogens is 3. The monoisotopic (exact) mass is 482 g/mol. The van der Waals surface area contributed by atoms with Crippen LogP contribution >= 0.6 is 24.0 Å². The number of nitrogens with zero attached hydrogens (tertiary/aromatic N) is 2. The molecule has 0 radical (unpaired) electrons. The van der Waals surface area contributed by atoms with Gasteiger partial charge in [-0.15, -0.1) is 24.0 Å². The summed E-state index contributed by atoms with van der Waals surface area (Å²) in [5.41, 5.74) is 0.370. The Morgan fingerprint density at radius 3 is 2.69 bits per heavy atom. The molecule has 26 heavy (non-hydrogen) atoms. The van der Waals surface area contributed by atoms with E-state index in [4.69, 9.17) is 4.74 Å². The minimum absolute atomic E-state index is 0. The van der Waals surface area contributed by atoms with Crippen molar-refractivity contribution in [3.8, 4) is 0 Å². The summed E-state index contributed by atoms with van der Waals surface area (Å²) in [6, 6.07) is 3.90. The molecular weight excluding hydrogens is 453 g/mol. The normalized spacial score (nSPS) is 16.2. The molecule has 1 saturated heterocycles. The van der Waals surface area contributed by atoms with Crippen LogP contribution in [0, 0.1) is 11.6 Å². The molecule has 148 valence electrons. The van der Waals surface area contributed by atoms with Crippen LogP contribution in [0.5, 0.6) is 0 Å². The highest BCUT2D eigenvalue weighted by atomic mass is 127. The van der Waals surface area contributed by atoms with Crippen molar-refractivity contribution < 1.29 is 13.5 Å². The molecule has 1 aliphatic heterocycles. The van der Waals surface area contributed by atoms with Gasteiger partial charge in [-0.25, -0.2) is 8.78 Å². The van der Waals surface area contributed by atoms with Crippen molar-refractivity contribution in [2.75, 3.05) is 46.9 Å². The van der Waals surface area contributed by atoms with Crippen LogP contribution in [0.1, 0.15) is 18.4 Å². The number of likely N-dealkylation sites (tertiary alicyclic amines) is 1. The number of ether oxygens (including phenoxy) is 1. The molecule has 0 saturated carbocycles. The van der Waals surface area contributed by atoms with E-state index in [1.807, 2.05) is 0 Å². The van der Waals surface area contributed by atoms with Gasteiger partial charge in [0.15, 0.2) is 5.96 Å². The largest absolute Gasteiger partial charge is 0.383 e. The van der Waals surface area contributed by atoms with Gasteiger partial charge >= 0.3 is 0 Å². The molecule has 0 atom stereocenters. The molecule has 0 aliphatic carbocycles. The summed E-state index contributed by atoms with van der Waals surface area (Å²) in [4.78, 5) is 6.61. The van der Waals surface area contributed by atoms with Crippen LogP contribution in [0.4, 0.5) is 8.78 Å². The summed E-state index contributed by atoms with van der Waals surface area (Å²) in [5.74, 6) is -0.0964. The molecule has 2 N–H and O–H groups in total. The average molecular weight is 482 g/mol. The molecule has 0 amide bonds. The van der Waals surface area contributed by atoms with E-state index >= 15 is 0 Å². The zero-order valence-corrected chi connectivity index (χ0v) is 17.8. The molecule has 0 aromatic heterocycles. The van der Waals surface area contributed by atoms with Crippen molar-refractivity contribution in [2.45, 2.75) is 25.3 Å². The van der Waals surface area contributed by atoms with Gasteiger partial charge in [-0.3, -0.25) is 4.99 Å². The first kappa shape index (κ1) is 23.0. The van der Waals surface area contributed by atoms with Crippen LogP contribution in [-0.4, -0.2) is 63.8 Å². The Morgan fingerprint density at radius 1 is 1.31 bits per heavy atom. The number of benzene rings is 1. The smallest absolute Gasteiger partial charge is 0.191 e. The van der Waals surface area contributed by atoms with E-state index in [0.29, 0.717) is 30.5 Å². The van der Waals surface area contributed by atoms with Crippen LogP contribution in [-0.2, 0) is 11.2 Å². The van der Waals surface area contributed by atoms with Gasteiger partial charge in [-0.2, -0.15) is 0 Å². The Hall–Kier alpha value is -1.00. The molecule has 2 rings (SSSR count). The van der Waals surface area contributed by atoms with Crippen LogP contribution in [0.15, 0.2) is 23.2 Å². The molecule has 0 bridgehead atoms. The molecule has 1 aromatic rings. The number of hydrogen-bond acceptors (Lipinski definition) is 3. The maximum Gasteiger partial charge on any atom is 0.191 e. The van der Waals surface area contributed by atoms with Crippen LogP contribution in [0.3, 0.4) is 0 Å². The summed E-state index contributed by atoms with van der Waals surface area (Å²) < 4.78 is 31.9. The van der Waals surface area contributed by atoms with Gasteiger partial charge in [0.1, 0.15) is 11.6 Å². The van der Waals surface area contributed by atoms with Crippen molar-refractivity contribution in [2.24, 2.45) is 4.99 Å². The second-order valence-corrected chi connectivity index (χ2v) is 6.24. The van der Waals surface area contributed by atoms with Crippen molar-refractivity contribution in [3.63, 3.8) is 0 Å². The first-order chi connectivity index (χ1) is 12.1. The molecule has 1 fully saturated rings. The first-order valence-corrected chi connectivity index (χ1v) is 8.74. The van der Waals surface area contributed by atoms with E-state index in [0.717, 1.165) is 51.2 Å². The Labute approximate surface area is 171 Å². The number of rotatable bonds is 7. The SMILES string of the molecule is CN=C(NCCc1cc(F)ccc1F)NC1CCN(CCOC)CC1.I. The van der Waals surface area contributed by atoms with Gasteiger partial charge in [0.05, 0.1) is 6.61 Å². The van der Waals surface area contributed by atoms with Gasteiger partial charge < -0.3 is 20.3 Å². The fourth-order valence-electron chi connectivity index (χ4n) is 2.96. The van der Waals surface area contributed by atoms with E-state index in [1.54, 1.807) is 14.2 Å². The summed E-state index contributed by atoms with van der Waals surface area (Å²) in [6.45, 7) is 4.29. The lowest BCUT2D eigenvalue weighted by Gasteiger charge is -2.32. The first-order valence-electron chi connectivity index (χ1n) is 8.74. The van der Waals surface area contributed by atoms with Gasteiger partial charge in [0, 0.05) is 46.4 Å². The molecule has 1 aliphatic rings. The maximum absolute atomic E-state index is 13.6. The van der Waals surface area contributed by atoms with Gasteiger partial charge in [-0.1, -0.05) is 0 Å². The standard InChI is InChI=1S/C18H28F2N4O.HI/c1-21-18(22-8-5-14-13-15(19)3-4-17(14)20)23-16-6-9-24(10-7-16)11-12-25-2;/h3-4,13,16H,5-12H2,1-2H3,(H2,21,22,23);1H. The van der Waals surface area contributed by atoms with E-state index in [-0.39, 0.29) is 29.8 Å². The number of hydrogen-bond donors (Lipinski definition) is 2. The van der Waals surface area contributed by atoms with E-state index < -0.39 is 5.82 Å².